The van der Waals surface area contributed by atoms with Gasteiger partial charge >= 0.3 is 0 Å². The summed E-state index contributed by atoms with van der Waals surface area (Å²) in [7, 11) is 0. The Bertz CT molecular complexity index is 679. The Balaban J connectivity index is 1.36. The molecule has 0 bridgehead atoms. The standard InChI is InChI=1S/C21H29N3O4/c25-19-8-4-12-23(19)13-5-14-24-16-17(9-10-20(24)26)21(27)22-11-15-28-18-6-2-1-3-7-18/h1-3,6-7,17H,4-5,8-16H2,(H,22,27)/t17-/m1/s1. The van der Waals surface area contributed by atoms with Gasteiger partial charge in [-0.15, -0.1) is 0 Å². The van der Waals surface area contributed by atoms with Crippen molar-refractivity contribution in [3.8, 4) is 5.75 Å². The van der Waals surface area contributed by atoms with E-state index in [2.05, 4.69) is 5.32 Å². The molecule has 2 fully saturated rings. The molecule has 0 aromatic heterocycles. The van der Waals surface area contributed by atoms with Gasteiger partial charge < -0.3 is 19.9 Å². The van der Waals surface area contributed by atoms with Gasteiger partial charge in [-0.3, -0.25) is 14.4 Å². The molecule has 7 nitrogen and oxygen atoms in total. The molecule has 28 heavy (non-hydrogen) atoms. The number of hydrogen-bond donors (Lipinski definition) is 1. The molecule has 1 N–H and O–H groups in total. The van der Waals surface area contributed by atoms with Crippen LogP contribution in [0, 0.1) is 5.92 Å². The molecule has 0 spiro atoms. The minimum atomic E-state index is -0.178. The summed E-state index contributed by atoms with van der Waals surface area (Å²) in [6.07, 6.45) is 3.32. The van der Waals surface area contributed by atoms with Gasteiger partial charge in [-0.1, -0.05) is 18.2 Å². The molecule has 0 unspecified atom stereocenters. The average molecular weight is 387 g/mol. The molecule has 3 amide bonds. The molecular formula is C21H29N3O4. The fourth-order valence-corrected chi connectivity index (χ4v) is 3.74. The normalized spacial score (nSPS) is 19.8. The van der Waals surface area contributed by atoms with Crippen LogP contribution in [0.5, 0.6) is 5.75 Å². The quantitative estimate of drug-likeness (QED) is 0.650. The van der Waals surface area contributed by atoms with Crippen molar-refractivity contribution in [1.82, 2.24) is 15.1 Å². The van der Waals surface area contributed by atoms with E-state index in [1.165, 1.54) is 0 Å². The third-order valence-electron chi connectivity index (χ3n) is 5.31. The molecule has 0 aliphatic carbocycles. The van der Waals surface area contributed by atoms with E-state index in [4.69, 9.17) is 4.74 Å². The van der Waals surface area contributed by atoms with Gasteiger partial charge in [0.1, 0.15) is 12.4 Å². The number of nitrogens with one attached hydrogen (secondary N) is 1. The first-order chi connectivity index (χ1) is 13.6. The van der Waals surface area contributed by atoms with Crippen molar-refractivity contribution in [2.75, 3.05) is 39.3 Å². The second kappa shape index (κ2) is 10.1. The van der Waals surface area contributed by atoms with Crippen LogP contribution in [0.3, 0.4) is 0 Å². The lowest BCUT2D eigenvalue weighted by Gasteiger charge is -2.32. The van der Waals surface area contributed by atoms with Crippen molar-refractivity contribution >= 4 is 17.7 Å². The monoisotopic (exact) mass is 387 g/mol. The molecule has 152 valence electrons. The molecule has 7 heteroatoms. The predicted molar refractivity (Wildman–Crippen MR) is 105 cm³/mol. The molecule has 2 heterocycles. The van der Waals surface area contributed by atoms with Crippen molar-refractivity contribution in [3.63, 3.8) is 0 Å². The zero-order valence-electron chi connectivity index (χ0n) is 16.3. The second-order valence-corrected chi connectivity index (χ2v) is 7.37. The number of para-hydroxylation sites is 1. The third kappa shape index (κ3) is 5.71. The Hall–Kier alpha value is -2.57. The minimum absolute atomic E-state index is 0.0242. The molecule has 2 aliphatic heterocycles. The van der Waals surface area contributed by atoms with Crippen molar-refractivity contribution < 1.29 is 19.1 Å². The lowest BCUT2D eigenvalue weighted by Crippen LogP contribution is -2.47. The van der Waals surface area contributed by atoms with E-state index in [1.807, 2.05) is 35.2 Å². The molecule has 0 saturated carbocycles. The lowest BCUT2D eigenvalue weighted by atomic mass is 9.96. The number of rotatable bonds is 9. The van der Waals surface area contributed by atoms with Crippen molar-refractivity contribution in [2.45, 2.75) is 32.1 Å². The number of nitrogens with zero attached hydrogens (tertiary/aromatic N) is 2. The van der Waals surface area contributed by atoms with Gasteiger partial charge in [0.05, 0.1) is 12.5 Å². The zero-order chi connectivity index (χ0) is 19.8. The number of carbonyl (C=O) groups is 3. The maximum atomic E-state index is 12.4. The summed E-state index contributed by atoms with van der Waals surface area (Å²) in [6, 6.07) is 9.49. The Morgan fingerprint density at radius 2 is 1.82 bits per heavy atom. The number of likely N-dealkylation sites (tertiary alicyclic amines) is 2. The van der Waals surface area contributed by atoms with E-state index in [0.29, 0.717) is 52.0 Å². The summed E-state index contributed by atoms with van der Waals surface area (Å²) < 4.78 is 5.58. The van der Waals surface area contributed by atoms with Crippen LogP contribution in [0.1, 0.15) is 32.1 Å². The van der Waals surface area contributed by atoms with Gasteiger partial charge in [-0.2, -0.15) is 0 Å². The maximum Gasteiger partial charge on any atom is 0.225 e. The van der Waals surface area contributed by atoms with Crippen molar-refractivity contribution in [3.05, 3.63) is 30.3 Å². The molecule has 1 atom stereocenters. The maximum absolute atomic E-state index is 12.4. The Morgan fingerprint density at radius 3 is 2.57 bits per heavy atom. The van der Waals surface area contributed by atoms with Crippen LogP contribution < -0.4 is 10.1 Å². The van der Waals surface area contributed by atoms with Gasteiger partial charge in [0.2, 0.25) is 17.7 Å². The summed E-state index contributed by atoms with van der Waals surface area (Å²) in [6.45, 7) is 3.42. The van der Waals surface area contributed by atoms with E-state index in [0.717, 1.165) is 25.1 Å². The molecule has 0 radical (unpaired) electrons. The van der Waals surface area contributed by atoms with Gasteiger partial charge in [0.15, 0.2) is 0 Å². The van der Waals surface area contributed by atoms with E-state index >= 15 is 0 Å². The first kappa shape index (κ1) is 20.2. The topological polar surface area (TPSA) is 79.0 Å². The minimum Gasteiger partial charge on any atom is -0.492 e. The summed E-state index contributed by atoms with van der Waals surface area (Å²) >= 11 is 0. The SMILES string of the molecule is O=C(NCCOc1ccccc1)[C@@H]1CCC(=O)N(CCCN2CCCC2=O)C1. The van der Waals surface area contributed by atoms with E-state index in [1.54, 1.807) is 4.90 Å². The molecule has 2 aliphatic rings. The second-order valence-electron chi connectivity index (χ2n) is 7.37. The van der Waals surface area contributed by atoms with Crippen LogP contribution in [-0.2, 0) is 14.4 Å². The zero-order valence-corrected chi connectivity index (χ0v) is 16.3. The molecule has 2 saturated heterocycles. The molecular weight excluding hydrogens is 358 g/mol. The smallest absolute Gasteiger partial charge is 0.225 e. The van der Waals surface area contributed by atoms with Crippen LogP contribution in [0.4, 0.5) is 0 Å². The highest BCUT2D eigenvalue weighted by molar-refractivity contribution is 5.83. The van der Waals surface area contributed by atoms with Crippen molar-refractivity contribution in [1.29, 1.82) is 0 Å². The van der Waals surface area contributed by atoms with Gasteiger partial charge in [0, 0.05) is 39.0 Å². The summed E-state index contributed by atoms with van der Waals surface area (Å²) in [5.74, 6) is 0.888. The van der Waals surface area contributed by atoms with Crippen LogP contribution in [0.15, 0.2) is 30.3 Å². The molecule has 1 aromatic carbocycles. The van der Waals surface area contributed by atoms with Crippen molar-refractivity contribution in [2.24, 2.45) is 5.92 Å². The third-order valence-corrected chi connectivity index (χ3v) is 5.31. The first-order valence-electron chi connectivity index (χ1n) is 10.1. The molecule has 1 aromatic rings. The largest absolute Gasteiger partial charge is 0.492 e. The fraction of sp³-hybridized carbons (Fsp3) is 0.571. The Morgan fingerprint density at radius 1 is 1.07 bits per heavy atom. The van der Waals surface area contributed by atoms with Gasteiger partial charge in [0.25, 0.3) is 0 Å². The highest BCUT2D eigenvalue weighted by Crippen LogP contribution is 2.18. The van der Waals surface area contributed by atoms with Crippen LogP contribution in [-0.4, -0.2) is 66.9 Å². The number of ether oxygens (including phenoxy) is 1. The van der Waals surface area contributed by atoms with Gasteiger partial charge in [-0.05, 0) is 31.4 Å². The summed E-state index contributed by atoms with van der Waals surface area (Å²) in [5.41, 5.74) is 0. The predicted octanol–water partition coefficient (Wildman–Crippen LogP) is 1.43. The van der Waals surface area contributed by atoms with E-state index in [9.17, 15) is 14.4 Å². The highest BCUT2D eigenvalue weighted by Gasteiger charge is 2.30. The number of carbonyl (C=O) groups excluding carboxylic acids is 3. The van der Waals surface area contributed by atoms with Gasteiger partial charge in [-0.25, -0.2) is 0 Å². The Kier molecular flexibility index (Phi) is 7.28. The lowest BCUT2D eigenvalue weighted by molar-refractivity contribution is -0.138. The van der Waals surface area contributed by atoms with Crippen LogP contribution in [0.2, 0.25) is 0 Å². The van der Waals surface area contributed by atoms with E-state index < -0.39 is 0 Å². The van der Waals surface area contributed by atoms with Crippen LogP contribution >= 0.6 is 0 Å². The Labute approximate surface area is 166 Å². The summed E-state index contributed by atoms with van der Waals surface area (Å²) in [4.78, 5) is 39.9. The van der Waals surface area contributed by atoms with E-state index in [-0.39, 0.29) is 23.6 Å². The van der Waals surface area contributed by atoms with Crippen LogP contribution in [0.25, 0.3) is 0 Å². The number of amides is 3. The average Bonchev–Trinajstić information content (AvgIpc) is 3.12. The fourth-order valence-electron chi connectivity index (χ4n) is 3.74. The molecule has 3 rings (SSSR count). The number of benzene rings is 1. The first-order valence-corrected chi connectivity index (χ1v) is 10.1. The number of hydrogen-bond acceptors (Lipinski definition) is 4. The highest BCUT2D eigenvalue weighted by atomic mass is 16.5. The number of piperidine rings is 1. The summed E-state index contributed by atoms with van der Waals surface area (Å²) in [5, 5.41) is 2.91.